The van der Waals surface area contributed by atoms with Crippen molar-refractivity contribution in [2.75, 3.05) is 0 Å². The van der Waals surface area contributed by atoms with Crippen molar-refractivity contribution in [2.24, 2.45) is 10.3 Å². The first-order valence-electron chi connectivity index (χ1n) is 4.45. The van der Waals surface area contributed by atoms with Crippen LogP contribution in [-0.2, 0) is 0 Å². The van der Waals surface area contributed by atoms with Gasteiger partial charge in [-0.3, -0.25) is 5.43 Å². The van der Waals surface area contributed by atoms with E-state index in [2.05, 4.69) is 22.7 Å². The fourth-order valence-corrected chi connectivity index (χ4v) is 1.05. The molecule has 1 aliphatic heterocycles. The summed E-state index contributed by atoms with van der Waals surface area (Å²) in [4.78, 5) is 0. The van der Waals surface area contributed by atoms with Gasteiger partial charge in [-0.15, -0.1) is 5.11 Å². The average Bonchev–Trinajstić information content (AvgIpc) is 2.33. The Bertz CT molecular complexity index is 204. The summed E-state index contributed by atoms with van der Waals surface area (Å²) in [6.45, 7) is 2.20. The first-order valence-corrected chi connectivity index (χ1v) is 4.45. The van der Waals surface area contributed by atoms with Crippen LogP contribution >= 0.6 is 0 Å². The Morgan fingerprint density at radius 2 is 2.33 bits per heavy atom. The Morgan fingerprint density at radius 3 is 3.17 bits per heavy atom. The average molecular weight is 165 g/mol. The lowest BCUT2D eigenvalue weighted by atomic mass is 10.1. The molecule has 1 rings (SSSR count). The molecule has 0 saturated heterocycles. The predicted octanol–water partition coefficient (Wildman–Crippen LogP) is 2.93. The maximum atomic E-state index is 4.01. The standard InChI is InChI=1S/C9H15N3/c1-2-3-4-6-9-7-5-8-10-12-11-9/h5,7-8H,2-4,6H2,1H3,(H,10,11). The highest BCUT2D eigenvalue weighted by Crippen LogP contribution is 2.11. The summed E-state index contributed by atoms with van der Waals surface area (Å²) in [5.41, 5.74) is 3.75. The Labute approximate surface area is 73.2 Å². The van der Waals surface area contributed by atoms with Crippen LogP contribution in [0.4, 0.5) is 0 Å². The minimum absolute atomic E-state index is 1.03. The lowest BCUT2D eigenvalue weighted by Crippen LogP contribution is -1.87. The first kappa shape index (κ1) is 8.97. The first-order chi connectivity index (χ1) is 5.93. The van der Waals surface area contributed by atoms with Gasteiger partial charge in [0.25, 0.3) is 0 Å². The molecule has 1 heterocycles. The smallest absolute Gasteiger partial charge is 0.0648 e. The molecule has 0 aromatic carbocycles. The number of rotatable bonds is 4. The second-order valence-electron chi connectivity index (χ2n) is 2.80. The second-order valence-corrected chi connectivity index (χ2v) is 2.80. The molecule has 0 aromatic heterocycles. The zero-order valence-corrected chi connectivity index (χ0v) is 7.45. The normalized spacial score (nSPS) is 15.2. The molecule has 0 bridgehead atoms. The minimum Gasteiger partial charge on any atom is -0.267 e. The van der Waals surface area contributed by atoms with Crippen LogP contribution in [0.2, 0.25) is 0 Å². The molecule has 0 amide bonds. The zero-order chi connectivity index (χ0) is 8.65. The van der Waals surface area contributed by atoms with E-state index in [1.54, 1.807) is 6.20 Å². The topological polar surface area (TPSA) is 36.8 Å². The molecule has 0 spiro atoms. The third-order valence-corrected chi connectivity index (χ3v) is 1.73. The number of nitrogens with one attached hydrogen (secondary N) is 1. The van der Waals surface area contributed by atoms with E-state index in [0.717, 1.165) is 12.1 Å². The summed E-state index contributed by atoms with van der Waals surface area (Å²) < 4.78 is 0. The Kier molecular flexibility index (Phi) is 4.13. The van der Waals surface area contributed by atoms with Crippen LogP contribution in [-0.4, -0.2) is 0 Å². The molecule has 0 aromatic rings. The molecule has 12 heavy (non-hydrogen) atoms. The van der Waals surface area contributed by atoms with E-state index in [0.29, 0.717) is 0 Å². The number of hydrogen-bond donors (Lipinski definition) is 1. The Balaban J connectivity index is 2.30. The van der Waals surface area contributed by atoms with Gasteiger partial charge in [-0.1, -0.05) is 25.0 Å². The van der Waals surface area contributed by atoms with Crippen LogP contribution in [0.1, 0.15) is 32.6 Å². The van der Waals surface area contributed by atoms with Gasteiger partial charge in [-0.25, -0.2) is 0 Å². The maximum absolute atomic E-state index is 4.01. The van der Waals surface area contributed by atoms with Gasteiger partial charge < -0.3 is 0 Å². The molecular formula is C9H15N3. The van der Waals surface area contributed by atoms with Crippen molar-refractivity contribution in [1.29, 1.82) is 0 Å². The predicted molar refractivity (Wildman–Crippen MR) is 49.4 cm³/mol. The molecule has 1 aliphatic rings. The molecule has 0 aliphatic carbocycles. The summed E-state index contributed by atoms with van der Waals surface area (Å²) in [7, 11) is 0. The number of unbranched alkanes of at least 4 members (excludes halogenated alkanes) is 2. The van der Waals surface area contributed by atoms with Crippen molar-refractivity contribution in [3.05, 3.63) is 24.0 Å². The van der Waals surface area contributed by atoms with Crippen LogP contribution in [0.15, 0.2) is 34.4 Å². The van der Waals surface area contributed by atoms with Crippen LogP contribution in [0.5, 0.6) is 0 Å². The molecule has 0 atom stereocenters. The lowest BCUT2D eigenvalue weighted by molar-refractivity contribution is 0.699. The van der Waals surface area contributed by atoms with Gasteiger partial charge in [0.1, 0.15) is 0 Å². The van der Waals surface area contributed by atoms with Crippen molar-refractivity contribution in [1.82, 2.24) is 5.43 Å². The van der Waals surface area contributed by atoms with Crippen molar-refractivity contribution in [3.8, 4) is 0 Å². The summed E-state index contributed by atoms with van der Waals surface area (Å²) in [6, 6.07) is 0. The second kappa shape index (κ2) is 5.52. The van der Waals surface area contributed by atoms with E-state index < -0.39 is 0 Å². The van der Waals surface area contributed by atoms with E-state index in [1.807, 2.05) is 12.2 Å². The molecular weight excluding hydrogens is 150 g/mol. The molecule has 1 N–H and O–H groups in total. The fourth-order valence-electron chi connectivity index (χ4n) is 1.05. The van der Waals surface area contributed by atoms with Crippen LogP contribution in [0.25, 0.3) is 0 Å². The van der Waals surface area contributed by atoms with E-state index in [1.165, 1.54) is 19.3 Å². The van der Waals surface area contributed by atoms with E-state index in [4.69, 9.17) is 0 Å². The monoisotopic (exact) mass is 165 g/mol. The van der Waals surface area contributed by atoms with Crippen molar-refractivity contribution in [3.63, 3.8) is 0 Å². The Morgan fingerprint density at radius 1 is 1.42 bits per heavy atom. The van der Waals surface area contributed by atoms with E-state index >= 15 is 0 Å². The summed E-state index contributed by atoms with van der Waals surface area (Å²) in [6.07, 6.45) is 10.5. The van der Waals surface area contributed by atoms with E-state index in [-0.39, 0.29) is 0 Å². The highest BCUT2D eigenvalue weighted by Gasteiger charge is 1.95. The quantitative estimate of drug-likeness (QED) is 0.639. The van der Waals surface area contributed by atoms with Crippen molar-refractivity contribution < 1.29 is 0 Å². The maximum Gasteiger partial charge on any atom is 0.0648 e. The van der Waals surface area contributed by atoms with Gasteiger partial charge in [-0.05, 0) is 25.0 Å². The van der Waals surface area contributed by atoms with E-state index in [9.17, 15) is 0 Å². The lowest BCUT2D eigenvalue weighted by Gasteiger charge is -1.96. The van der Waals surface area contributed by atoms with Crippen LogP contribution in [0.3, 0.4) is 0 Å². The van der Waals surface area contributed by atoms with Gasteiger partial charge >= 0.3 is 0 Å². The number of allylic oxidation sites excluding steroid dienone is 3. The van der Waals surface area contributed by atoms with Crippen LogP contribution in [0, 0.1) is 0 Å². The molecule has 66 valence electrons. The fraction of sp³-hybridized carbons (Fsp3) is 0.556. The summed E-state index contributed by atoms with van der Waals surface area (Å²) in [5.74, 6) is 0. The molecule has 3 heteroatoms. The Hall–Kier alpha value is -1.12. The molecule has 0 radical (unpaired) electrons. The largest absolute Gasteiger partial charge is 0.267 e. The number of nitrogens with zero attached hydrogens (tertiary/aromatic N) is 2. The van der Waals surface area contributed by atoms with Crippen molar-refractivity contribution in [2.45, 2.75) is 32.6 Å². The van der Waals surface area contributed by atoms with Gasteiger partial charge in [-0.2, -0.15) is 0 Å². The minimum atomic E-state index is 1.03. The van der Waals surface area contributed by atoms with Crippen molar-refractivity contribution >= 4 is 0 Å². The van der Waals surface area contributed by atoms with Gasteiger partial charge in [0.2, 0.25) is 0 Å². The third kappa shape index (κ3) is 3.32. The van der Waals surface area contributed by atoms with Gasteiger partial charge in [0.05, 0.1) is 5.70 Å². The number of hydrogen-bond acceptors (Lipinski definition) is 3. The molecule has 3 nitrogen and oxygen atoms in total. The van der Waals surface area contributed by atoms with Gasteiger partial charge in [0, 0.05) is 6.20 Å². The molecule has 0 fully saturated rings. The summed E-state index contributed by atoms with van der Waals surface area (Å²) >= 11 is 0. The molecule has 0 saturated carbocycles. The summed E-state index contributed by atoms with van der Waals surface area (Å²) in [5, 5.41) is 7.76. The third-order valence-electron chi connectivity index (χ3n) is 1.73. The van der Waals surface area contributed by atoms with Gasteiger partial charge in [0.15, 0.2) is 0 Å². The highest BCUT2D eigenvalue weighted by molar-refractivity contribution is 5.11. The SMILES string of the molecule is CCCCCC1=CC=CNN=N1. The zero-order valence-electron chi connectivity index (χ0n) is 7.45. The highest BCUT2D eigenvalue weighted by atomic mass is 15.4. The molecule has 0 unspecified atom stereocenters. The van der Waals surface area contributed by atoms with Crippen LogP contribution < -0.4 is 5.43 Å².